The lowest BCUT2D eigenvalue weighted by atomic mass is 10.0. The Kier molecular flexibility index (Phi) is 4.74. The van der Waals surface area contributed by atoms with Gasteiger partial charge in [0.1, 0.15) is 5.75 Å². The summed E-state index contributed by atoms with van der Waals surface area (Å²) in [6.07, 6.45) is 1.21. The predicted octanol–water partition coefficient (Wildman–Crippen LogP) is 3.89. The Morgan fingerprint density at radius 1 is 1.14 bits per heavy atom. The number of hydrogen-bond acceptors (Lipinski definition) is 3. The number of halogens is 1. The highest BCUT2D eigenvalue weighted by molar-refractivity contribution is 9.09. The molecular weight excluding hydrogens is 352 g/mol. The summed E-state index contributed by atoms with van der Waals surface area (Å²) < 4.78 is 28.8. The molecule has 0 aromatic heterocycles. The monoisotopic (exact) mass is 368 g/mol. The summed E-state index contributed by atoms with van der Waals surface area (Å²) in [5.41, 5.74) is 2.97. The molecule has 0 saturated carbocycles. The van der Waals surface area contributed by atoms with Crippen molar-refractivity contribution in [2.45, 2.75) is 16.6 Å². The molecule has 0 bridgehead atoms. The zero-order valence-corrected chi connectivity index (χ0v) is 14.5. The van der Waals surface area contributed by atoms with Crippen LogP contribution in [0.3, 0.4) is 0 Å². The minimum atomic E-state index is -3.22. The summed E-state index contributed by atoms with van der Waals surface area (Å²) in [6.45, 7) is 2.01. The summed E-state index contributed by atoms with van der Waals surface area (Å²) in [4.78, 5) is 0.185. The Bertz CT molecular complexity index is 754. The second kappa shape index (κ2) is 6.20. The highest BCUT2D eigenvalue weighted by atomic mass is 79.9. The van der Waals surface area contributed by atoms with E-state index in [9.17, 15) is 8.42 Å². The first-order valence-corrected chi connectivity index (χ1v) is 9.22. The van der Waals surface area contributed by atoms with Gasteiger partial charge in [0.15, 0.2) is 9.84 Å². The van der Waals surface area contributed by atoms with E-state index in [-0.39, 0.29) is 4.83 Å². The summed E-state index contributed by atoms with van der Waals surface area (Å²) in [7, 11) is -1.59. The Hall–Kier alpha value is -1.33. The highest BCUT2D eigenvalue weighted by Crippen LogP contribution is 2.37. The fraction of sp³-hybridized carbons (Fsp3) is 0.250. The third-order valence-corrected chi connectivity index (χ3v) is 5.37. The van der Waals surface area contributed by atoms with Crippen LogP contribution in [0.2, 0.25) is 0 Å². The lowest BCUT2D eigenvalue weighted by molar-refractivity contribution is 0.410. The summed E-state index contributed by atoms with van der Waals surface area (Å²) in [5, 5.41) is 0. The van der Waals surface area contributed by atoms with Crippen molar-refractivity contribution in [1.82, 2.24) is 0 Å². The zero-order valence-electron chi connectivity index (χ0n) is 12.1. The van der Waals surface area contributed by atoms with Gasteiger partial charge in [-0.2, -0.15) is 0 Å². The molecule has 3 nitrogen and oxygen atoms in total. The summed E-state index contributed by atoms with van der Waals surface area (Å²) in [6, 6.07) is 12.9. The molecule has 2 rings (SSSR count). The smallest absolute Gasteiger partial charge is 0.175 e. The molecule has 0 fully saturated rings. The molecule has 5 heteroatoms. The molecule has 2 aromatic carbocycles. The Balaban J connectivity index is 2.50. The van der Waals surface area contributed by atoms with Crippen molar-refractivity contribution in [1.29, 1.82) is 0 Å². The molecule has 1 atom stereocenters. The van der Waals surface area contributed by atoms with Gasteiger partial charge in [0, 0.05) is 11.8 Å². The van der Waals surface area contributed by atoms with Crippen LogP contribution in [0.25, 0.3) is 0 Å². The summed E-state index contributed by atoms with van der Waals surface area (Å²) >= 11 is 3.65. The molecule has 0 N–H and O–H groups in total. The molecule has 0 aliphatic heterocycles. The van der Waals surface area contributed by atoms with Gasteiger partial charge in [-0.05, 0) is 30.7 Å². The van der Waals surface area contributed by atoms with Crippen molar-refractivity contribution in [2.75, 3.05) is 13.4 Å². The van der Waals surface area contributed by atoms with Gasteiger partial charge in [-0.15, -0.1) is 0 Å². The van der Waals surface area contributed by atoms with Gasteiger partial charge >= 0.3 is 0 Å². The third kappa shape index (κ3) is 3.66. The highest BCUT2D eigenvalue weighted by Gasteiger charge is 2.17. The molecule has 0 saturated heterocycles. The maximum absolute atomic E-state index is 11.7. The first kappa shape index (κ1) is 16.0. The average Bonchev–Trinajstić information content (AvgIpc) is 2.45. The van der Waals surface area contributed by atoms with Crippen LogP contribution >= 0.6 is 15.9 Å². The largest absolute Gasteiger partial charge is 0.496 e. The van der Waals surface area contributed by atoms with Gasteiger partial charge in [-0.25, -0.2) is 8.42 Å². The molecule has 0 spiro atoms. The lowest BCUT2D eigenvalue weighted by Crippen LogP contribution is -2.01. The molecule has 0 radical (unpaired) electrons. The molecule has 0 aliphatic rings. The van der Waals surface area contributed by atoms with Crippen LogP contribution in [0.5, 0.6) is 5.75 Å². The molecule has 21 heavy (non-hydrogen) atoms. The minimum Gasteiger partial charge on any atom is -0.496 e. The minimum absolute atomic E-state index is 0.131. The van der Waals surface area contributed by atoms with Gasteiger partial charge in [-0.3, -0.25) is 0 Å². The third-order valence-electron chi connectivity index (χ3n) is 3.24. The number of aryl methyl sites for hydroxylation is 1. The topological polar surface area (TPSA) is 43.4 Å². The average molecular weight is 369 g/mol. The van der Waals surface area contributed by atoms with E-state index in [0.717, 1.165) is 22.4 Å². The molecule has 0 heterocycles. The first-order valence-electron chi connectivity index (χ1n) is 6.41. The van der Waals surface area contributed by atoms with E-state index >= 15 is 0 Å². The van der Waals surface area contributed by atoms with Gasteiger partial charge in [0.05, 0.1) is 16.8 Å². The van der Waals surface area contributed by atoms with E-state index in [1.54, 1.807) is 25.3 Å². The predicted molar refractivity (Wildman–Crippen MR) is 88.1 cm³/mol. The number of benzene rings is 2. The van der Waals surface area contributed by atoms with E-state index < -0.39 is 9.84 Å². The lowest BCUT2D eigenvalue weighted by Gasteiger charge is -2.16. The standard InChI is InChI=1S/C16H17BrO3S/c1-11-7-8-15(20-2)14(9-11)16(17)12-5-4-6-13(10-12)21(3,18)19/h4-10,16H,1-3H3. The van der Waals surface area contributed by atoms with Crippen LogP contribution in [0, 0.1) is 6.92 Å². The Morgan fingerprint density at radius 3 is 2.48 bits per heavy atom. The molecule has 0 amide bonds. The van der Waals surface area contributed by atoms with E-state index in [2.05, 4.69) is 15.9 Å². The van der Waals surface area contributed by atoms with Crippen molar-refractivity contribution in [3.05, 3.63) is 59.2 Å². The Labute approximate surface area is 134 Å². The number of ether oxygens (including phenoxy) is 1. The second-order valence-electron chi connectivity index (χ2n) is 4.95. The molecule has 112 valence electrons. The van der Waals surface area contributed by atoms with Crippen LogP contribution in [0.15, 0.2) is 47.4 Å². The van der Waals surface area contributed by atoms with Crippen LogP contribution in [-0.2, 0) is 9.84 Å². The number of sulfone groups is 1. The molecule has 0 aliphatic carbocycles. The van der Waals surface area contributed by atoms with Crippen molar-refractivity contribution in [3.8, 4) is 5.75 Å². The van der Waals surface area contributed by atoms with E-state index in [1.165, 1.54) is 6.26 Å². The maximum Gasteiger partial charge on any atom is 0.175 e. The SMILES string of the molecule is COc1ccc(C)cc1C(Br)c1cccc(S(C)(=O)=O)c1. The van der Waals surface area contributed by atoms with Crippen LogP contribution in [0.1, 0.15) is 21.5 Å². The molecule has 1 unspecified atom stereocenters. The quantitative estimate of drug-likeness (QED) is 0.768. The van der Waals surface area contributed by atoms with Crippen LogP contribution in [-0.4, -0.2) is 21.8 Å². The Morgan fingerprint density at radius 2 is 1.86 bits per heavy atom. The van der Waals surface area contributed by atoms with Gasteiger partial charge in [-0.1, -0.05) is 45.8 Å². The van der Waals surface area contributed by atoms with Crippen molar-refractivity contribution < 1.29 is 13.2 Å². The normalized spacial score (nSPS) is 13.0. The number of rotatable bonds is 4. The van der Waals surface area contributed by atoms with Crippen molar-refractivity contribution >= 4 is 25.8 Å². The van der Waals surface area contributed by atoms with E-state index in [0.29, 0.717) is 4.90 Å². The fourth-order valence-corrected chi connectivity index (χ4v) is 3.45. The zero-order chi connectivity index (χ0) is 15.6. The maximum atomic E-state index is 11.7. The van der Waals surface area contributed by atoms with Crippen LogP contribution < -0.4 is 4.74 Å². The number of hydrogen-bond donors (Lipinski definition) is 0. The van der Waals surface area contributed by atoms with Gasteiger partial charge in [0.2, 0.25) is 0 Å². The molecular formula is C16H17BrO3S. The number of alkyl halides is 1. The van der Waals surface area contributed by atoms with Crippen molar-refractivity contribution in [3.63, 3.8) is 0 Å². The summed E-state index contributed by atoms with van der Waals surface area (Å²) in [5.74, 6) is 0.771. The fourth-order valence-electron chi connectivity index (χ4n) is 2.13. The van der Waals surface area contributed by atoms with Gasteiger partial charge in [0.25, 0.3) is 0 Å². The van der Waals surface area contributed by atoms with Crippen LogP contribution in [0.4, 0.5) is 0 Å². The number of methoxy groups -OCH3 is 1. The first-order chi connectivity index (χ1) is 9.82. The van der Waals surface area contributed by atoms with Gasteiger partial charge < -0.3 is 4.74 Å². The van der Waals surface area contributed by atoms with Crippen molar-refractivity contribution in [2.24, 2.45) is 0 Å². The van der Waals surface area contributed by atoms with E-state index in [4.69, 9.17) is 4.74 Å². The molecule has 2 aromatic rings. The second-order valence-corrected chi connectivity index (χ2v) is 7.88. The van der Waals surface area contributed by atoms with E-state index in [1.807, 2.05) is 31.2 Å².